The number of carbonyl (C=O) groups excluding carboxylic acids is 1. The quantitative estimate of drug-likeness (QED) is 0.727. The molecule has 2 bridgehead atoms. The van der Waals surface area contributed by atoms with Gasteiger partial charge in [0.25, 0.3) is 0 Å². The highest BCUT2D eigenvalue weighted by Crippen LogP contribution is 2.65. The van der Waals surface area contributed by atoms with Gasteiger partial charge >= 0.3 is 0 Å². The summed E-state index contributed by atoms with van der Waals surface area (Å²) in [4.78, 5) is 11.9. The molecule has 14 heavy (non-hydrogen) atoms. The molecule has 0 aliphatic heterocycles. The summed E-state index contributed by atoms with van der Waals surface area (Å²) in [5.41, 5.74) is -0.0689. The summed E-state index contributed by atoms with van der Waals surface area (Å²) < 4.78 is 0. The second-order valence-corrected chi connectivity index (χ2v) is 5.44. The molecular weight excluding hydrogens is 176 g/mol. The molecule has 4 atom stereocenters. The summed E-state index contributed by atoms with van der Waals surface area (Å²) in [5, 5.41) is 9.08. The Bertz CT molecular complexity index is 273. The van der Waals surface area contributed by atoms with E-state index in [-0.39, 0.29) is 17.8 Å². The van der Waals surface area contributed by atoms with Crippen LogP contribution in [0.2, 0.25) is 0 Å². The molecule has 0 amide bonds. The third kappa shape index (κ3) is 0.881. The third-order valence-electron chi connectivity index (χ3n) is 5.17. The number of carbonyl (C=O) groups is 1. The van der Waals surface area contributed by atoms with Crippen LogP contribution in [0.25, 0.3) is 0 Å². The Morgan fingerprint density at radius 2 is 2.21 bits per heavy atom. The van der Waals surface area contributed by atoms with Gasteiger partial charge in [-0.05, 0) is 49.9 Å². The predicted octanol–water partition coefficient (Wildman–Crippen LogP) is 1.76. The summed E-state index contributed by atoms with van der Waals surface area (Å²) >= 11 is 0. The molecule has 2 heteroatoms. The Hall–Kier alpha value is -0.370. The average molecular weight is 194 g/mol. The number of hydrogen-bond donors (Lipinski definition) is 1. The van der Waals surface area contributed by atoms with E-state index in [1.54, 1.807) is 0 Å². The van der Waals surface area contributed by atoms with Crippen molar-refractivity contribution in [2.75, 3.05) is 6.61 Å². The highest BCUT2D eigenvalue weighted by Gasteiger charge is 2.61. The first-order valence-corrected chi connectivity index (χ1v) is 5.92. The van der Waals surface area contributed by atoms with Crippen molar-refractivity contribution in [1.82, 2.24) is 0 Å². The van der Waals surface area contributed by atoms with Crippen LogP contribution in [0.15, 0.2) is 0 Å². The number of Topliss-reactive ketones (excluding diaryl/α,β-unsaturated/α-hetero) is 1. The van der Waals surface area contributed by atoms with Crippen LogP contribution in [0.1, 0.15) is 38.5 Å². The van der Waals surface area contributed by atoms with E-state index in [1.807, 2.05) is 0 Å². The minimum atomic E-state index is -0.226. The zero-order valence-corrected chi connectivity index (χ0v) is 8.54. The minimum absolute atomic E-state index is 0.0689. The Morgan fingerprint density at radius 3 is 3.00 bits per heavy atom. The van der Waals surface area contributed by atoms with Gasteiger partial charge in [0, 0.05) is 5.41 Å². The lowest BCUT2D eigenvalue weighted by Crippen LogP contribution is -2.37. The molecule has 1 N–H and O–H groups in total. The van der Waals surface area contributed by atoms with E-state index in [4.69, 9.17) is 5.11 Å². The van der Waals surface area contributed by atoms with Gasteiger partial charge in [-0.2, -0.15) is 0 Å². The maximum atomic E-state index is 11.9. The summed E-state index contributed by atoms with van der Waals surface area (Å²) in [6, 6.07) is 0. The number of aliphatic hydroxyl groups excluding tert-OH is 1. The largest absolute Gasteiger partial charge is 0.389 e. The van der Waals surface area contributed by atoms with Crippen molar-refractivity contribution in [1.29, 1.82) is 0 Å². The fourth-order valence-electron chi connectivity index (χ4n) is 4.67. The van der Waals surface area contributed by atoms with Crippen molar-refractivity contribution < 1.29 is 9.90 Å². The lowest BCUT2D eigenvalue weighted by Gasteiger charge is -2.34. The number of hydrogen-bond acceptors (Lipinski definition) is 2. The number of fused-ring (bicyclic) bond motifs is 5. The van der Waals surface area contributed by atoms with Crippen LogP contribution in [-0.4, -0.2) is 17.5 Å². The molecule has 0 aromatic carbocycles. The molecule has 0 radical (unpaired) electrons. The van der Waals surface area contributed by atoms with E-state index in [0.29, 0.717) is 5.92 Å². The van der Waals surface area contributed by atoms with Crippen molar-refractivity contribution in [3.8, 4) is 0 Å². The van der Waals surface area contributed by atoms with Gasteiger partial charge in [-0.3, -0.25) is 4.79 Å². The van der Waals surface area contributed by atoms with E-state index in [1.165, 1.54) is 25.7 Å². The van der Waals surface area contributed by atoms with Gasteiger partial charge in [-0.15, -0.1) is 0 Å². The smallest absolute Gasteiger partial charge is 0.164 e. The minimum Gasteiger partial charge on any atom is -0.389 e. The molecule has 3 aliphatic rings. The molecule has 0 saturated heterocycles. The molecule has 2 nitrogen and oxygen atoms in total. The molecule has 0 heterocycles. The molecular formula is C12H18O2. The van der Waals surface area contributed by atoms with Crippen LogP contribution in [0.5, 0.6) is 0 Å². The van der Waals surface area contributed by atoms with Crippen LogP contribution in [0, 0.1) is 23.2 Å². The molecule has 0 aromatic heterocycles. The van der Waals surface area contributed by atoms with Crippen molar-refractivity contribution in [2.24, 2.45) is 23.2 Å². The van der Waals surface area contributed by atoms with E-state index in [9.17, 15) is 4.79 Å². The van der Waals surface area contributed by atoms with Crippen LogP contribution in [0.3, 0.4) is 0 Å². The first kappa shape index (κ1) is 8.90. The average Bonchev–Trinajstić information content (AvgIpc) is 2.87. The van der Waals surface area contributed by atoms with Gasteiger partial charge in [0.15, 0.2) is 5.78 Å². The highest BCUT2D eigenvalue weighted by molar-refractivity contribution is 5.87. The van der Waals surface area contributed by atoms with E-state index in [2.05, 4.69) is 0 Å². The zero-order valence-electron chi connectivity index (χ0n) is 8.54. The molecule has 78 valence electrons. The molecule has 0 aromatic rings. The monoisotopic (exact) mass is 194 g/mol. The molecule has 3 saturated carbocycles. The first-order chi connectivity index (χ1) is 6.78. The standard InChI is InChI=1S/C12H18O2/c13-7-11(14)12-5-4-8(6-12)9-2-1-3-10(9)12/h8-10,13H,1-7H2. The maximum Gasteiger partial charge on any atom is 0.164 e. The summed E-state index contributed by atoms with van der Waals surface area (Å²) in [6.45, 7) is -0.226. The summed E-state index contributed by atoms with van der Waals surface area (Å²) in [7, 11) is 0. The second kappa shape index (κ2) is 2.82. The van der Waals surface area contributed by atoms with Crippen LogP contribution in [-0.2, 0) is 4.79 Å². The molecule has 4 unspecified atom stereocenters. The second-order valence-electron chi connectivity index (χ2n) is 5.44. The Labute approximate surface area is 84.7 Å². The lowest BCUT2D eigenvalue weighted by atomic mass is 9.69. The van der Waals surface area contributed by atoms with Gasteiger partial charge in [0.1, 0.15) is 6.61 Å². The normalized spacial score (nSPS) is 49.6. The Morgan fingerprint density at radius 1 is 1.36 bits per heavy atom. The van der Waals surface area contributed by atoms with Gasteiger partial charge in [0.2, 0.25) is 0 Å². The fourth-order valence-corrected chi connectivity index (χ4v) is 4.67. The third-order valence-corrected chi connectivity index (χ3v) is 5.17. The first-order valence-electron chi connectivity index (χ1n) is 5.92. The van der Waals surface area contributed by atoms with E-state index >= 15 is 0 Å². The van der Waals surface area contributed by atoms with Gasteiger partial charge in [-0.25, -0.2) is 0 Å². The highest BCUT2D eigenvalue weighted by atomic mass is 16.3. The zero-order chi connectivity index (χ0) is 9.76. The summed E-state index contributed by atoms with van der Waals surface area (Å²) in [6.07, 6.45) is 7.31. The fraction of sp³-hybridized carbons (Fsp3) is 0.917. The number of aliphatic hydroxyl groups is 1. The Balaban J connectivity index is 1.95. The van der Waals surface area contributed by atoms with Crippen LogP contribution < -0.4 is 0 Å². The Kier molecular flexibility index (Phi) is 1.79. The van der Waals surface area contributed by atoms with Gasteiger partial charge < -0.3 is 5.11 Å². The van der Waals surface area contributed by atoms with E-state index in [0.717, 1.165) is 24.7 Å². The SMILES string of the molecule is O=C(CO)C12CCC(C1)C1CCCC12. The van der Waals surface area contributed by atoms with Crippen LogP contribution in [0.4, 0.5) is 0 Å². The van der Waals surface area contributed by atoms with Gasteiger partial charge in [0.05, 0.1) is 0 Å². The maximum absolute atomic E-state index is 11.9. The number of ketones is 1. The topological polar surface area (TPSA) is 37.3 Å². The van der Waals surface area contributed by atoms with Crippen molar-refractivity contribution in [3.05, 3.63) is 0 Å². The summed E-state index contributed by atoms with van der Waals surface area (Å²) in [5.74, 6) is 2.44. The molecule has 3 fully saturated rings. The van der Waals surface area contributed by atoms with Crippen molar-refractivity contribution in [3.63, 3.8) is 0 Å². The molecule has 3 rings (SSSR count). The molecule has 3 aliphatic carbocycles. The molecule has 0 spiro atoms. The van der Waals surface area contributed by atoms with Crippen LogP contribution >= 0.6 is 0 Å². The van der Waals surface area contributed by atoms with E-state index < -0.39 is 0 Å². The van der Waals surface area contributed by atoms with Gasteiger partial charge in [-0.1, -0.05) is 6.42 Å². The van der Waals surface area contributed by atoms with Crippen molar-refractivity contribution in [2.45, 2.75) is 38.5 Å². The predicted molar refractivity (Wildman–Crippen MR) is 52.7 cm³/mol. The van der Waals surface area contributed by atoms with Crippen molar-refractivity contribution >= 4 is 5.78 Å². The number of rotatable bonds is 2. The lowest BCUT2D eigenvalue weighted by molar-refractivity contribution is -0.134.